The van der Waals surface area contributed by atoms with Crippen LogP contribution in [0.4, 0.5) is 0 Å². The van der Waals surface area contributed by atoms with E-state index >= 15 is 0 Å². The average Bonchev–Trinajstić information content (AvgIpc) is 2.86. The van der Waals surface area contributed by atoms with Gasteiger partial charge in [-0.2, -0.15) is 0 Å². The molecule has 0 saturated carbocycles. The summed E-state index contributed by atoms with van der Waals surface area (Å²) in [6.45, 7) is 2.85. The maximum atomic E-state index is 12.6. The molecule has 0 atom stereocenters. The molecular weight excluding hydrogens is 370 g/mol. The average molecular weight is 390 g/mol. The van der Waals surface area contributed by atoms with Gasteiger partial charge < -0.3 is 13.9 Å². The second kappa shape index (κ2) is 7.49. The van der Waals surface area contributed by atoms with E-state index in [1.165, 1.54) is 0 Å². The molecule has 5 nitrogen and oxygen atoms in total. The first-order chi connectivity index (χ1) is 11.2. The SMILES string of the molecule is Br.CCn1c(=N)n(CC(=O)c2ccc(OC)cc2)c2ccccc21. The van der Waals surface area contributed by atoms with E-state index in [1.807, 2.05) is 35.8 Å². The van der Waals surface area contributed by atoms with Gasteiger partial charge in [0.15, 0.2) is 5.78 Å². The highest BCUT2D eigenvalue weighted by molar-refractivity contribution is 8.93. The van der Waals surface area contributed by atoms with Crippen molar-refractivity contribution in [1.82, 2.24) is 9.13 Å². The number of hydrogen-bond acceptors (Lipinski definition) is 3. The smallest absolute Gasteiger partial charge is 0.203 e. The fraction of sp³-hybridized carbons (Fsp3) is 0.222. The molecule has 24 heavy (non-hydrogen) atoms. The number of aryl methyl sites for hydroxylation is 1. The number of methoxy groups -OCH3 is 1. The molecule has 0 aliphatic rings. The van der Waals surface area contributed by atoms with Crippen molar-refractivity contribution >= 4 is 33.8 Å². The molecule has 3 rings (SSSR count). The predicted octanol–water partition coefficient (Wildman–Crippen LogP) is 3.41. The number of nitrogens with one attached hydrogen (secondary N) is 1. The number of ether oxygens (including phenoxy) is 1. The van der Waals surface area contributed by atoms with Gasteiger partial charge >= 0.3 is 0 Å². The molecule has 0 unspecified atom stereocenters. The van der Waals surface area contributed by atoms with E-state index < -0.39 is 0 Å². The topological polar surface area (TPSA) is 60.0 Å². The van der Waals surface area contributed by atoms with Crippen LogP contribution in [0.2, 0.25) is 0 Å². The van der Waals surface area contributed by atoms with Crippen molar-refractivity contribution in [2.75, 3.05) is 7.11 Å². The van der Waals surface area contributed by atoms with Crippen LogP contribution in [0.3, 0.4) is 0 Å². The van der Waals surface area contributed by atoms with Crippen molar-refractivity contribution in [1.29, 1.82) is 5.41 Å². The van der Waals surface area contributed by atoms with E-state index in [1.54, 1.807) is 35.9 Å². The fourth-order valence-electron chi connectivity index (χ4n) is 2.79. The van der Waals surface area contributed by atoms with Crippen LogP contribution in [0, 0.1) is 5.41 Å². The van der Waals surface area contributed by atoms with Crippen LogP contribution >= 0.6 is 17.0 Å². The number of rotatable bonds is 5. The Morgan fingerprint density at radius 2 is 1.62 bits per heavy atom. The Bertz CT molecular complexity index is 910. The maximum Gasteiger partial charge on any atom is 0.203 e. The molecule has 0 fully saturated rings. The molecule has 1 aromatic heterocycles. The standard InChI is InChI=1S/C18H19N3O2.BrH/c1-3-20-15-6-4-5-7-16(15)21(18(20)19)12-17(22)13-8-10-14(23-2)11-9-13;/h4-11,19H,3,12H2,1-2H3;1H. The Kier molecular flexibility index (Phi) is 5.62. The van der Waals surface area contributed by atoms with E-state index in [0.29, 0.717) is 17.7 Å². The van der Waals surface area contributed by atoms with Gasteiger partial charge in [0.25, 0.3) is 0 Å². The normalized spacial score (nSPS) is 10.4. The molecule has 6 heteroatoms. The number of fused-ring (bicyclic) bond motifs is 1. The van der Waals surface area contributed by atoms with Gasteiger partial charge in [-0.1, -0.05) is 12.1 Å². The Morgan fingerprint density at radius 1 is 1.04 bits per heavy atom. The molecule has 0 aliphatic carbocycles. The first kappa shape index (κ1) is 18.0. The molecule has 0 bridgehead atoms. The lowest BCUT2D eigenvalue weighted by molar-refractivity contribution is 0.0971. The van der Waals surface area contributed by atoms with Crippen molar-refractivity contribution in [2.24, 2.45) is 0 Å². The largest absolute Gasteiger partial charge is 0.497 e. The zero-order chi connectivity index (χ0) is 16.4. The monoisotopic (exact) mass is 389 g/mol. The summed E-state index contributed by atoms with van der Waals surface area (Å²) in [6.07, 6.45) is 0. The number of aromatic nitrogens is 2. The molecular formula is C18H20BrN3O2. The lowest BCUT2D eigenvalue weighted by Crippen LogP contribution is -2.27. The maximum absolute atomic E-state index is 12.6. The van der Waals surface area contributed by atoms with Crippen LogP contribution in [0.25, 0.3) is 11.0 Å². The van der Waals surface area contributed by atoms with Crippen molar-refractivity contribution in [2.45, 2.75) is 20.0 Å². The number of hydrogen-bond donors (Lipinski definition) is 1. The quantitative estimate of drug-likeness (QED) is 0.679. The van der Waals surface area contributed by atoms with Crippen LogP contribution in [-0.4, -0.2) is 22.0 Å². The minimum absolute atomic E-state index is 0. The minimum Gasteiger partial charge on any atom is -0.497 e. The summed E-state index contributed by atoms with van der Waals surface area (Å²) < 4.78 is 8.77. The van der Waals surface area contributed by atoms with Crippen LogP contribution in [0.15, 0.2) is 48.5 Å². The van der Waals surface area contributed by atoms with Gasteiger partial charge in [0.2, 0.25) is 5.62 Å². The molecule has 0 spiro atoms. The lowest BCUT2D eigenvalue weighted by atomic mass is 10.1. The highest BCUT2D eigenvalue weighted by Crippen LogP contribution is 2.15. The Labute approximate surface area is 150 Å². The van der Waals surface area contributed by atoms with Gasteiger partial charge in [-0.15, -0.1) is 17.0 Å². The molecule has 2 aromatic carbocycles. The van der Waals surface area contributed by atoms with E-state index in [4.69, 9.17) is 10.1 Å². The van der Waals surface area contributed by atoms with E-state index in [0.717, 1.165) is 16.8 Å². The Balaban J connectivity index is 0.00000208. The number of Topliss-reactive ketones (excluding diaryl/α,β-unsaturated/α-hetero) is 1. The second-order valence-corrected chi connectivity index (χ2v) is 5.29. The predicted molar refractivity (Wildman–Crippen MR) is 99.1 cm³/mol. The number of nitrogens with zero attached hydrogens (tertiary/aromatic N) is 2. The first-order valence-electron chi connectivity index (χ1n) is 7.55. The summed E-state index contributed by atoms with van der Waals surface area (Å²) in [7, 11) is 1.60. The number of benzene rings is 2. The van der Waals surface area contributed by atoms with Crippen LogP contribution in [-0.2, 0) is 13.1 Å². The molecule has 1 heterocycles. The van der Waals surface area contributed by atoms with Gasteiger partial charge in [-0.05, 0) is 43.3 Å². The van der Waals surface area contributed by atoms with Gasteiger partial charge in [-0.3, -0.25) is 10.2 Å². The van der Waals surface area contributed by atoms with E-state index in [9.17, 15) is 4.79 Å². The Hall–Kier alpha value is -2.34. The molecule has 0 radical (unpaired) electrons. The van der Waals surface area contributed by atoms with Crippen LogP contribution in [0.5, 0.6) is 5.75 Å². The number of imidazole rings is 1. The zero-order valence-corrected chi connectivity index (χ0v) is 15.4. The summed E-state index contributed by atoms with van der Waals surface area (Å²) in [5, 5.41) is 8.35. The molecule has 0 aliphatic heterocycles. The summed E-state index contributed by atoms with van der Waals surface area (Å²) in [6, 6.07) is 14.9. The number of para-hydroxylation sites is 2. The van der Waals surface area contributed by atoms with Crippen molar-refractivity contribution in [3.63, 3.8) is 0 Å². The fourth-order valence-corrected chi connectivity index (χ4v) is 2.79. The van der Waals surface area contributed by atoms with Gasteiger partial charge in [0.1, 0.15) is 5.75 Å². The summed E-state index contributed by atoms with van der Waals surface area (Å²) in [5.74, 6) is 0.697. The third-order valence-electron chi connectivity index (χ3n) is 4.00. The summed E-state index contributed by atoms with van der Waals surface area (Å²) in [5.41, 5.74) is 2.84. The number of carbonyl (C=O) groups is 1. The van der Waals surface area contributed by atoms with Crippen molar-refractivity contribution < 1.29 is 9.53 Å². The number of carbonyl (C=O) groups excluding carboxylic acids is 1. The molecule has 1 N–H and O–H groups in total. The molecule has 3 aromatic rings. The van der Waals surface area contributed by atoms with E-state index in [-0.39, 0.29) is 29.3 Å². The highest BCUT2D eigenvalue weighted by Gasteiger charge is 2.13. The summed E-state index contributed by atoms with van der Waals surface area (Å²) >= 11 is 0. The Morgan fingerprint density at radius 3 is 2.17 bits per heavy atom. The lowest BCUT2D eigenvalue weighted by Gasteiger charge is -2.05. The molecule has 0 amide bonds. The third kappa shape index (κ3) is 3.14. The minimum atomic E-state index is -0.0230. The second-order valence-electron chi connectivity index (χ2n) is 5.29. The first-order valence-corrected chi connectivity index (χ1v) is 7.55. The van der Waals surface area contributed by atoms with Gasteiger partial charge in [-0.25, -0.2) is 0 Å². The van der Waals surface area contributed by atoms with Crippen molar-refractivity contribution in [3.05, 3.63) is 59.7 Å². The van der Waals surface area contributed by atoms with Gasteiger partial charge in [0, 0.05) is 12.1 Å². The zero-order valence-electron chi connectivity index (χ0n) is 13.7. The highest BCUT2D eigenvalue weighted by atomic mass is 79.9. The molecule has 126 valence electrons. The van der Waals surface area contributed by atoms with Gasteiger partial charge in [0.05, 0.1) is 24.7 Å². The third-order valence-corrected chi connectivity index (χ3v) is 4.00. The van der Waals surface area contributed by atoms with Crippen LogP contribution < -0.4 is 10.4 Å². The number of ketones is 1. The molecule has 0 saturated heterocycles. The van der Waals surface area contributed by atoms with E-state index in [2.05, 4.69) is 0 Å². The summed E-state index contributed by atoms with van der Waals surface area (Å²) in [4.78, 5) is 12.6. The van der Waals surface area contributed by atoms with Crippen LogP contribution in [0.1, 0.15) is 17.3 Å². The number of halogens is 1. The van der Waals surface area contributed by atoms with Crippen molar-refractivity contribution in [3.8, 4) is 5.75 Å².